The van der Waals surface area contributed by atoms with Crippen molar-refractivity contribution in [3.8, 4) is 0 Å². The van der Waals surface area contributed by atoms with Gasteiger partial charge in [0.2, 0.25) is 0 Å². The number of nitrogens with zero attached hydrogens (tertiary/aromatic N) is 1. The zero-order chi connectivity index (χ0) is 13.9. The van der Waals surface area contributed by atoms with Crippen LogP contribution in [0.4, 0.5) is 11.5 Å². The Hall–Kier alpha value is -2.39. The van der Waals surface area contributed by atoms with Gasteiger partial charge in [-0.15, -0.1) is 0 Å². The Morgan fingerprint density at radius 1 is 1.16 bits per heavy atom. The third kappa shape index (κ3) is 2.89. The molecule has 100 valence electrons. The number of benzene rings is 1. The first kappa shape index (κ1) is 13.1. The Balaban J connectivity index is 2.37. The number of para-hydroxylation sites is 1. The topological polar surface area (TPSA) is 130 Å². The number of H-pyrrole nitrogens is 1. The zero-order valence-corrected chi connectivity index (χ0v) is 10.4. The number of hydrogen-bond acceptors (Lipinski definition) is 6. The first-order chi connectivity index (χ1) is 9.03. The number of hydrogen-bond donors (Lipinski definition) is 4. The van der Waals surface area contributed by atoms with Crippen molar-refractivity contribution in [2.75, 3.05) is 10.1 Å². The van der Waals surface area contributed by atoms with Gasteiger partial charge in [-0.2, -0.15) is 5.10 Å². The standard InChI is InChI=1S/C10H11N5O3S/c11-12-7-3-1-2-4-8(7)19(17,18)15-9-5-6-10(16)14-13-9/h1-6,12H,11H2,(H,13,15)(H,14,16). The van der Waals surface area contributed by atoms with E-state index in [0.29, 0.717) is 0 Å². The highest BCUT2D eigenvalue weighted by Crippen LogP contribution is 2.21. The second-order valence-corrected chi connectivity index (χ2v) is 5.20. The number of anilines is 2. The maximum Gasteiger partial charge on any atom is 0.265 e. The normalized spacial score (nSPS) is 11.0. The van der Waals surface area contributed by atoms with Crippen LogP contribution in [0.3, 0.4) is 0 Å². The molecule has 5 N–H and O–H groups in total. The molecule has 2 rings (SSSR count). The Kier molecular flexibility index (Phi) is 3.49. The van der Waals surface area contributed by atoms with E-state index in [1.807, 2.05) is 0 Å². The lowest BCUT2D eigenvalue weighted by atomic mass is 10.3. The van der Waals surface area contributed by atoms with Crippen LogP contribution < -0.4 is 21.5 Å². The lowest BCUT2D eigenvalue weighted by Gasteiger charge is -2.10. The van der Waals surface area contributed by atoms with E-state index in [1.54, 1.807) is 12.1 Å². The maximum absolute atomic E-state index is 12.1. The molecule has 0 amide bonds. The molecule has 0 aliphatic rings. The van der Waals surface area contributed by atoms with Crippen LogP contribution in [0.25, 0.3) is 0 Å². The Morgan fingerprint density at radius 2 is 1.89 bits per heavy atom. The van der Waals surface area contributed by atoms with E-state index in [4.69, 9.17) is 5.84 Å². The number of rotatable bonds is 4. The first-order valence-electron chi connectivity index (χ1n) is 5.17. The van der Waals surface area contributed by atoms with E-state index in [2.05, 4.69) is 20.3 Å². The third-order valence-electron chi connectivity index (χ3n) is 2.25. The summed E-state index contributed by atoms with van der Waals surface area (Å²) in [6, 6.07) is 8.55. The fourth-order valence-electron chi connectivity index (χ4n) is 1.41. The molecular formula is C10H11N5O3S. The second-order valence-electron chi connectivity index (χ2n) is 3.55. The lowest BCUT2D eigenvalue weighted by molar-refractivity contribution is 0.601. The van der Waals surface area contributed by atoms with Crippen molar-refractivity contribution >= 4 is 21.5 Å². The van der Waals surface area contributed by atoms with Gasteiger partial charge < -0.3 is 5.43 Å². The molecule has 0 fully saturated rings. The van der Waals surface area contributed by atoms with Crippen LogP contribution in [-0.4, -0.2) is 18.6 Å². The minimum atomic E-state index is -3.85. The molecule has 0 radical (unpaired) electrons. The van der Waals surface area contributed by atoms with Crippen molar-refractivity contribution in [3.63, 3.8) is 0 Å². The minimum absolute atomic E-state index is 0.00595. The smallest absolute Gasteiger partial charge is 0.265 e. The average Bonchev–Trinajstić information content (AvgIpc) is 2.41. The van der Waals surface area contributed by atoms with Crippen LogP contribution in [0.5, 0.6) is 0 Å². The zero-order valence-electron chi connectivity index (χ0n) is 9.62. The van der Waals surface area contributed by atoms with Gasteiger partial charge in [-0.1, -0.05) is 12.1 Å². The minimum Gasteiger partial charge on any atom is -0.323 e. The average molecular weight is 281 g/mol. The molecule has 1 aromatic heterocycles. The number of nitrogen functional groups attached to an aromatic ring is 1. The van der Waals surface area contributed by atoms with Gasteiger partial charge in [-0.3, -0.25) is 15.4 Å². The van der Waals surface area contributed by atoms with E-state index in [9.17, 15) is 13.2 Å². The molecule has 0 aliphatic heterocycles. The van der Waals surface area contributed by atoms with Crippen LogP contribution in [0.15, 0.2) is 46.1 Å². The van der Waals surface area contributed by atoms with Gasteiger partial charge in [-0.25, -0.2) is 13.5 Å². The number of aromatic nitrogens is 2. The van der Waals surface area contributed by atoms with Gasteiger partial charge in [0.25, 0.3) is 15.6 Å². The summed E-state index contributed by atoms with van der Waals surface area (Å²) in [5.74, 6) is 5.26. The van der Waals surface area contributed by atoms with Crippen LogP contribution in [0.2, 0.25) is 0 Å². The van der Waals surface area contributed by atoms with Crippen molar-refractivity contribution in [1.82, 2.24) is 10.2 Å². The summed E-state index contributed by atoms with van der Waals surface area (Å²) in [5.41, 5.74) is 2.12. The molecule has 0 bridgehead atoms. The molecule has 0 saturated heterocycles. The molecule has 0 spiro atoms. The number of nitrogens with one attached hydrogen (secondary N) is 3. The third-order valence-corrected chi connectivity index (χ3v) is 3.66. The quantitative estimate of drug-likeness (QED) is 0.455. The monoisotopic (exact) mass is 281 g/mol. The van der Waals surface area contributed by atoms with Gasteiger partial charge in [-0.05, 0) is 18.2 Å². The lowest BCUT2D eigenvalue weighted by Crippen LogP contribution is -2.19. The van der Waals surface area contributed by atoms with Crippen molar-refractivity contribution in [1.29, 1.82) is 0 Å². The van der Waals surface area contributed by atoms with E-state index in [1.165, 1.54) is 18.2 Å². The molecule has 0 atom stereocenters. The van der Waals surface area contributed by atoms with Crippen LogP contribution in [-0.2, 0) is 10.0 Å². The fourth-order valence-corrected chi connectivity index (χ4v) is 2.59. The van der Waals surface area contributed by atoms with Crippen molar-refractivity contribution in [3.05, 3.63) is 46.8 Å². The summed E-state index contributed by atoms with van der Waals surface area (Å²) in [6.07, 6.45) is 0. The SMILES string of the molecule is NNc1ccccc1S(=O)(=O)Nc1ccc(=O)[nH]n1. The molecule has 19 heavy (non-hydrogen) atoms. The maximum atomic E-state index is 12.1. The highest BCUT2D eigenvalue weighted by atomic mass is 32.2. The van der Waals surface area contributed by atoms with Gasteiger partial charge in [0, 0.05) is 6.07 Å². The number of sulfonamides is 1. The highest BCUT2D eigenvalue weighted by molar-refractivity contribution is 7.92. The number of hydrazine groups is 1. The summed E-state index contributed by atoms with van der Waals surface area (Å²) in [6.45, 7) is 0. The summed E-state index contributed by atoms with van der Waals surface area (Å²) < 4.78 is 26.5. The molecule has 1 heterocycles. The molecule has 0 unspecified atom stereocenters. The Morgan fingerprint density at radius 3 is 2.53 bits per heavy atom. The highest BCUT2D eigenvalue weighted by Gasteiger charge is 2.18. The predicted octanol–water partition coefficient (Wildman–Crippen LogP) is -0.144. The van der Waals surface area contributed by atoms with Gasteiger partial charge in [0.1, 0.15) is 4.90 Å². The van der Waals surface area contributed by atoms with Crippen molar-refractivity contribution < 1.29 is 8.42 Å². The molecule has 8 nitrogen and oxygen atoms in total. The van der Waals surface area contributed by atoms with Gasteiger partial charge in [0.15, 0.2) is 5.82 Å². The van der Waals surface area contributed by atoms with E-state index >= 15 is 0 Å². The van der Waals surface area contributed by atoms with Crippen LogP contribution >= 0.6 is 0 Å². The molecule has 2 aromatic rings. The van der Waals surface area contributed by atoms with Crippen molar-refractivity contribution in [2.24, 2.45) is 5.84 Å². The number of aromatic amines is 1. The first-order valence-corrected chi connectivity index (χ1v) is 6.65. The summed E-state index contributed by atoms with van der Waals surface area (Å²) >= 11 is 0. The van der Waals surface area contributed by atoms with Crippen molar-refractivity contribution in [2.45, 2.75) is 4.90 Å². The molecule has 1 aromatic carbocycles. The summed E-state index contributed by atoms with van der Waals surface area (Å²) in [5, 5.41) is 5.69. The van der Waals surface area contributed by atoms with E-state index in [-0.39, 0.29) is 16.4 Å². The van der Waals surface area contributed by atoms with Gasteiger partial charge in [0.05, 0.1) is 5.69 Å². The Bertz CT molecular complexity index is 720. The van der Waals surface area contributed by atoms with Gasteiger partial charge >= 0.3 is 0 Å². The molecule has 0 aliphatic carbocycles. The Labute approximate surface area is 108 Å². The molecular weight excluding hydrogens is 270 g/mol. The van der Waals surface area contributed by atoms with E-state index in [0.717, 1.165) is 6.07 Å². The van der Waals surface area contributed by atoms with Crippen LogP contribution in [0.1, 0.15) is 0 Å². The summed E-state index contributed by atoms with van der Waals surface area (Å²) in [4.78, 5) is 10.8. The second kappa shape index (κ2) is 5.08. The molecule has 0 saturated carbocycles. The fraction of sp³-hybridized carbons (Fsp3) is 0. The molecule has 9 heteroatoms. The predicted molar refractivity (Wildman–Crippen MR) is 69.9 cm³/mol. The largest absolute Gasteiger partial charge is 0.323 e. The van der Waals surface area contributed by atoms with E-state index < -0.39 is 15.6 Å². The number of nitrogens with two attached hydrogens (primary N) is 1. The summed E-state index contributed by atoms with van der Waals surface area (Å²) in [7, 11) is -3.85. The van der Waals surface area contributed by atoms with Crippen LogP contribution in [0, 0.1) is 0 Å².